The van der Waals surface area contributed by atoms with Crippen LogP contribution in [0.1, 0.15) is 60.0 Å². The highest BCUT2D eigenvalue weighted by Gasteiger charge is 2.58. The lowest BCUT2D eigenvalue weighted by atomic mass is 9.50. The second-order valence-corrected chi connectivity index (χ2v) is 12.3. The van der Waals surface area contributed by atoms with E-state index in [1.54, 1.807) is 12.3 Å². The third kappa shape index (κ3) is 4.63. The van der Waals surface area contributed by atoms with Crippen molar-refractivity contribution in [2.75, 3.05) is 6.54 Å². The van der Waals surface area contributed by atoms with Crippen LogP contribution >= 0.6 is 0 Å². The molecular formula is C32H33FN4O2. The zero-order valence-corrected chi connectivity index (χ0v) is 22.0. The van der Waals surface area contributed by atoms with Gasteiger partial charge in [-0.1, -0.05) is 24.3 Å². The van der Waals surface area contributed by atoms with Crippen molar-refractivity contribution in [2.45, 2.75) is 62.7 Å². The van der Waals surface area contributed by atoms with E-state index in [2.05, 4.69) is 15.6 Å². The van der Waals surface area contributed by atoms with Gasteiger partial charge in [0.25, 0.3) is 5.91 Å². The number of rotatable bonds is 6. The molecule has 2 aromatic carbocycles. The van der Waals surface area contributed by atoms with Gasteiger partial charge >= 0.3 is 0 Å². The van der Waals surface area contributed by atoms with Gasteiger partial charge in [-0.05, 0) is 97.9 Å². The number of aromatic nitrogens is 1. The third-order valence-electron chi connectivity index (χ3n) is 9.41. The van der Waals surface area contributed by atoms with Crippen LogP contribution in [-0.2, 0) is 17.9 Å². The van der Waals surface area contributed by atoms with Gasteiger partial charge in [0.2, 0.25) is 5.91 Å². The Labute approximate surface area is 228 Å². The van der Waals surface area contributed by atoms with Crippen molar-refractivity contribution < 1.29 is 14.0 Å². The summed E-state index contributed by atoms with van der Waals surface area (Å²) in [5, 5.41) is 7.14. The van der Waals surface area contributed by atoms with Crippen LogP contribution in [0.15, 0.2) is 66.9 Å². The second-order valence-electron chi connectivity index (χ2n) is 12.3. The number of carbonyl (C=O) groups excluding carboxylic acids is 2. The van der Waals surface area contributed by atoms with Crippen LogP contribution in [0.3, 0.4) is 0 Å². The minimum atomic E-state index is -0.258. The minimum absolute atomic E-state index is 0.0298. The van der Waals surface area contributed by atoms with Gasteiger partial charge in [0.15, 0.2) is 0 Å². The molecule has 200 valence electrons. The standard InChI is InChI=1S/C32H33FN4O2/c33-27-9-8-25-18-37(19-26(25)12-27)29(38)17-35-31-13-21-11-22(14-31)16-32(15-21,20-31)36-30(39)24-6-4-23(5-7-24)28-3-1-2-10-34-28/h1-10,12,21-22,35H,11,13-20H2,(H,36,39)/t21-,22+,31?,32?. The molecule has 5 aliphatic rings. The molecule has 8 rings (SSSR count). The van der Waals surface area contributed by atoms with Crippen molar-refractivity contribution in [1.82, 2.24) is 20.5 Å². The zero-order chi connectivity index (χ0) is 26.6. The number of fused-ring (bicyclic) bond motifs is 1. The van der Waals surface area contributed by atoms with Crippen LogP contribution in [-0.4, -0.2) is 39.3 Å². The topological polar surface area (TPSA) is 74.3 Å². The molecule has 7 heteroatoms. The van der Waals surface area contributed by atoms with Crippen molar-refractivity contribution >= 4 is 11.8 Å². The first-order chi connectivity index (χ1) is 18.9. The van der Waals surface area contributed by atoms with Crippen LogP contribution in [0.5, 0.6) is 0 Å². The minimum Gasteiger partial charge on any atom is -0.347 e. The van der Waals surface area contributed by atoms with Crippen molar-refractivity contribution in [3.8, 4) is 11.3 Å². The van der Waals surface area contributed by atoms with Crippen LogP contribution in [0.25, 0.3) is 11.3 Å². The van der Waals surface area contributed by atoms with E-state index in [0.717, 1.165) is 54.5 Å². The molecule has 2 amide bonds. The van der Waals surface area contributed by atoms with Gasteiger partial charge in [-0.15, -0.1) is 0 Å². The summed E-state index contributed by atoms with van der Waals surface area (Å²) < 4.78 is 13.6. The summed E-state index contributed by atoms with van der Waals surface area (Å²) >= 11 is 0. The van der Waals surface area contributed by atoms with Crippen LogP contribution in [0.2, 0.25) is 0 Å². The lowest BCUT2D eigenvalue weighted by Crippen LogP contribution is -2.69. The molecule has 4 atom stereocenters. The quantitative estimate of drug-likeness (QED) is 0.484. The van der Waals surface area contributed by atoms with Crippen molar-refractivity contribution in [3.63, 3.8) is 0 Å². The number of amides is 2. The van der Waals surface area contributed by atoms with Gasteiger partial charge in [0.05, 0.1) is 12.2 Å². The summed E-state index contributed by atoms with van der Waals surface area (Å²) in [6, 6.07) is 18.3. The molecule has 2 heterocycles. The highest BCUT2D eigenvalue weighted by atomic mass is 19.1. The molecule has 0 radical (unpaired) electrons. The maximum Gasteiger partial charge on any atom is 0.251 e. The number of nitrogens with one attached hydrogen (secondary N) is 2. The van der Waals surface area contributed by atoms with E-state index in [9.17, 15) is 14.0 Å². The zero-order valence-electron chi connectivity index (χ0n) is 22.0. The largest absolute Gasteiger partial charge is 0.347 e. The van der Waals surface area contributed by atoms with E-state index in [1.165, 1.54) is 18.6 Å². The molecule has 4 bridgehead atoms. The summed E-state index contributed by atoms with van der Waals surface area (Å²) in [5.41, 5.74) is 4.08. The Kier molecular flexibility index (Phi) is 5.81. The molecule has 4 aliphatic carbocycles. The lowest BCUT2D eigenvalue weighted by molar-refractivity contribution is -0.132. The van der Waals surface area contributed by atoms with Gasteiger partial charge in [-0.25, -0.2) is 4.39 Å². The molecule has 0 saturated heterocycles. The number of hydrogen-bond donors (Lipinski definition) is 2. The Balaban J connectivity index is 1.02. The molecule has 2 N–H and O–H groups in total. The predicted octanol–water partition coefficient (Wildman–Crippen LogP) is 4.84. The van der Waals surface area contributed by atoms with E-state index in [4.69, 9.17) is 0 Å². The molecule has 39 heavy (non-hydrogen) atoms. The average Bonchev–Trinajstić information content (AvgIpc) is 3.35. The molecule has 6 nitrogen and oxygen atoms in total. The predicted molar refractivity (Wildman–Crippen MR) is 146 cm³/mol. The number of benzene rings is 2. The molecule has 4 fully saturated rings. The third-order valence-corrected chi connectivity index (χ3v) is 9.41. The Morgan fingerprint density at radius 2 is 1.67 bits per heavy atom. The molecule has 0 spiro atoms. The molecule has 4 saturated carbocycles. The number of halogens is 1. The van der Waals surface area contributed by atoms with Crippen molar-refractivity contribution in [1.29, 1.82) is 0 Å². The van der Waals surface area contributed by atoms with Gasteiger partial charge in [-0.2, -0.15) is 0 Å². The lowest BCUT2D eigenvalue weighted by Gasteiger charge is -2.62. The fourth-order valence-corrected chi connectivity index (χ4v) is 8.17. The first kappa shape index (κ1) is 24.5. The van der Waals surface area contributed by atoms with E-state index >= 15 is 0 Å². The second kappa shape index (κ2) is 9.26. The fraction of sp³-hybridized carbons (Fsp3) is 0.406. The maximum atomic E-state index is 13.6. The van der Waals surface area contributed by atoms with E-state index < -0.39 is 0 Å². The molecule has 3 aromatic rings. The van der Waals surface area contributed by atoms with Gasteiger partial charge in [0.1, 0.15) is 5.82 Å². The Morgan fingerprint density at radius 3 is 2.41 bits per heavy atom. The number of hydrogen-bond acceptors (Lipinski definition) is 4. The molecular weight excluding hydrogens is 491 g/mol. The first-order valence-corrected chi connectivity index (χ1v) is 14.0. The van der Waals surface area contributed by atoms with Crippen molar-refractivity contribution in [3.05, 3.63) is 89.4 Å². The van der Waals surface area contributed by atoms with Gasteiger partial charge < -0.3 is 15.5 Å². The van der Waals surface area contributed by atoms with E-state index in [-0.39, 0.29) is 35.3 Å². The Bertz CT molecular complexity index is 1410. The van der Waals surface area contributed by atoms with E-state index in [1.807, 2.05) is 47.4 Å². The first-order valence-electron chi connectivity index (χ1n) is 14.0. The smallest absolute Gasteiger partial charge is 0.251 e. The number of pyridine rings is 1. The summed E-state index contributed by atoms with van der Waals surface area (Å²) in [5.74, 6) is 0.872. The summed E-state index contributed by atoms with van der Waals surface area (Å²) in [7, 11) is 0. The fourth-order valence-electron chi connectivity index (χ4n) is 8.17. The van der Waals surface area contributed by atoms with Gasteiger partial charge in [0, 0.05) is 41.5 Å². The molecule has 1 aliphatic heterocycles. The maximum absolute atomic E-state index is 13.6. The highest BCUT2D eigenvalue weighted by Crippen LogP contribution is 2.57. The van der Waals surface area contributed by atoms with Crippen molar-refractivity contribution in [2.24, 2.45) is 11.8 Å². The normalized spacial score (nSPS) is 28.4. The van der Waals surface area contributed by atoms with Gasteiger partial charge in [-0.3, -0.25) is 14.6 Å². The summed E-state index contributed by atoms with van der Waals surface area (Å²) in [6.07, 6.45) is 7.95. The molecule has 2 unspecified atom stereocenters. The van der Waals surface area contributed by atoms with Crippen LogP contribution < -0.4 is 10.6 Å². The Hall–Kier alpha value is -3.58. The van der Waals surface area contributed by atoms with E-state index in [0.29, 0.717) is 30.5 Å². The molecule has 1 aromatic heterocycles. The summed E-state index contributed by atoms with van der Waals surface area (Å²) in [6.45, 7) is 1.27. The highest BCUT2D eigenvalue weighted by molar-refractivity contribution is 5.95. The average molecular weight is 525 g/mol. The number of nitrogens with zero attached hydrogens (tertiary/aromatic N) is 2. The van der Waals surface area contributed by atoms with Crippen LogP contribution in [0, 0.1) is 17.7 Å². The SMILES string of the molecule is O=C(NC12C[C@@H]3C[C@@H](CC(NCC(=O)N4Cc5ccc(F)cc5C4)(C3)C1)C2)c1ccc(-c2ccccn2)cc1. The Morgan fingerprint density at radius 1 is 0.923 bits per heavy atom. The number of carbonyl (C=O) groups is 2. The monoisotopic (exact) mass is 524 g/mol. The van der Waals surface area contributed by atoms with Crippen LogP contribution in [0.4, 0.5) is 4.39 Å². The summed E-state index contributed by atoms with van der Waals surface area (Å²) in [4.78, 5) is 32.8.